The molecule has 0 aliphatic carbocycles. The number of thiazole rings is 1. The van der Waals surface area contributed by atoms with Crippen LogP contribution in [-0.2, 0) is 0 Å². The number of hydrogen-bond donors (Lipinski definition) is 1. The van der Waals surface area contributed by atoms with Crippen molar-refractivity contribution in [1.82, 2.24) is 4.98 Å². The Morgan fingerprint density at radius 1 is 1.24 bits per heavy atom. The molecule has 21 heavy (non-hydrogen) atoms. The van der Waals surface area contributed by atoms with Gasteiger partial charge in [0.2, 0.25) is 0 Å². The molecule has 0 amide bonds. The molecule has 3 rings (SSSR count). The van der Waals surface area contributed by atoms with E-state index in [1.807, 2.05) is 0 Å². The molecule has 1 saturated heterocycles. The number of aryl methyl sites for hydroxylation is 1. The number of aromatic carboxylic acids is 1. The van der Waals surface area contributed by atoms with Crippen LogP contribution in [-0.4, -0.2) is 42.2 Å². The Kier molecular flexibility index (Phi) is 3.79. The second-order valence-electron chi connectivity index (χ2n) is 5.13. The van der Waals surface area contributed by atoms with Crippen LogP contribution in [0.25, 0.3) is 0 Å². The molecular weight excluding hydrogens is 286 g/mol. The van der Waals surface area contributed by atoms with Gasteiger partial charge in [-0.3, -0.25) is 0 Å². The van der Waals surface area contributed by atoms with Crippen molar-refractivity contribution in [3.8, 4) is 0 Å². The van der Waals surface area contributed by atoms with Crippen LogP contribution in [0.1, 0.15) is 15.2 Å². The predicted octanol–water partition coefficient (Wildman–Crippen LogP) is 2.48. The van der Waals surface area contributed by atoms with Crippen LogP contribution in [0.5, 0.6) is 0 Å². The summed E-state index contributed by atoms with van der Waals surface area (Å²) < 4.78 is 0. The average molecular weight is 303 g/mol. The predicted molar refractivity (Wildman–Crippen MR) is 84.7 cm³/mol. The fraction of sp³-hybridized carbons (Fsp3) is 0.333. The molecule has 0 bridgehead atoms. The van der Waals surface area contributed by atoms with Crippen LogP contribution >= 0.6 is 11.3 Å². The van der Waals surface area contributed by atoms with Crippen molar-refractivity contribution >= 4 is 28.1 Å². The Bertz CT molecular complexity index is 648. The molecule has 0 atom stereocenters. The smallest absolute Gasteiger partial charge is 0.347 e. The Labute approximate surface area is 127 Å². The summed E-state index contributed by atoms with van der Waals surface area (Å²) in [4.78, 5) is 19.9. The topological polar surface area (TPSA) is 56.7 Å². The maximum Gasteiger partial charge on any atom is 0.347 e. The van der Waals surface area contributed by atoms with Crippen LogP contribution in [0.4, 0.5) is 10.8 Å². The first-order valence-electron chi connectivity index (χ1n) is 6.89. The summed E-state index contributed by atoms with van der Waals surface area (Å²) in [5.74, 6) is -0.905. The third-order valence-electron chi connectivity index (χ3n) is 3.62. The lowest BCUT2D eigenvalue weighted by Gasteiger charge is -2.36. The monoisotopic (exact) mass is 303 g/mol. The van der Waals surface area contributed by atoms with Crippen molar-refractivity contribution in [2.24, 2.45) is 0 Å². The van der Waals surface area contributed by atoms with Gasteiger partial charge in [-0.05, 0) is 24.6 Å². The van der Waals surface area contributed by atoms with Crippen LogP contribution < -0.4 is 9.80 Å². The van der Waals surface area contributed by atoms with Crippen LogP contribution in [0, 0.1) is 6.92 Å². The molecule has 1 N–H and O–H groups in total. The normalized spacial score (nSPS) is 15.3. The van der Waals surface area contributed by atoms with E-state index in [4.69, 9.17) is 5.11 Å². The van der Waals surface area contributed by atoms with Crippen molar-refractivity contribution in [1.29, 1.82) is 0 Å². The van der Waals surface area contributed by atoms with Gasteiger partial charge in [0, 0.05) is 31.9 Å². The maximum absolute atomic E-state index is 10.9. The molecule has 1 aromatic heterocycles. The molecule has 6 heteroatoms. The number of nitrogens with zero attached hydrogens (tertiary/aromatic N) is 3. The quantitative estimate of drug-likeness (QED) is 0.944. The number of aromatic nitrogens is 1. The van der Waals surface area contributed by atoms with Crippen LogP contribution in [0.3, 0.4) is 0 Å². The lowest BCUT2D eigenvalue weighted by Crippen LogP contribution is -2.46. The van der Waals surface area contributed by atoms with E-state index in [-0.39, 0.29) is 0 Å². The zero-order valence-corrected chi connectivity index (χ0v) is 12.6. The Morgan fingerprint density at radius 2 is 1.95 bits per heavy atom. The minimum Gasteiger partial charge on any atom is -0.477 e. The summed E-state index contributed by atoms with van der Waals surface area (Å²) in [6.07, 6.45) is 1.44. The Hall–Kier alpha value is -2.08. The van der Waals surface area contributed by atoms with Gasteiger partial charge in [0.1, 0.15) is 4.88 Å². The summed E-state index contributed by atoms with van der Waals surface area (Å²) in [5.41, 5.74) is 2.51. The number of hydrogen-bond acceptors (Lipinski definition) is 5. The van der Waals surface area contributed by atoms with E-state index in [0.717, 1.165) is 31.3 Å². The van der Waals surface area contributed by atoms with Gasteiger partial charge < -0.3 is 14.9 Å². The molecule has 1 fully saturated rings. The highest BCUT2D eigenvalue weighted by Gasteiger charge is 2.20. The highest BCUT2D eigenvalue weighted by Crippen LogP contribution is 2.25. The lowest BCUT2D eigenvalue weighted by molar-refractivity contribution is 0.0702. The van der Waals surface area contributed by atoms with Crippen molar-refractivity contribution in [3.05, 3.63) is 40.9 Å². The maximum atomic E-state index is 10.9. The number of piperazine rings is 1. The molecule has 5 nitrogen and oxygen atoms in total. The van der Waals surface area contributed by atoms with E-state index >= 15 is 0 Å². The van der Waals surface area contributed by atoms with Crippen molar-refractivity contribution < 1.29 is 9.90 Å². The van der Waals surface area contributed by atoms with Gasteiger partial charge in [-0.2, -0.15) is 0 Å². The Balaban J connectivity index is 1.66. The van der Waals surface area contributed by atoms with Crippen molar-refractivity contribution in [2.45, 2.75) is 6.92 Å². The molecule has 0 spiro atoms. The van der Waals surface area contributed by atoms with Gasteiger partial charge in [-0.15, -0.1) is 0 Å². The van der Waals surface area contributed by atoms with E-state index in [1.54, 1.807) is 0 Å². The second-order valence-corrected chi connectivity index (χ2v) is 6.13. The summed E-state index contributed by atoms with van der Waals surface area (Å²) in [6.45, 7) is 5.67. The number of anilines is 2. The molecule has 0 radical (unpaired) electrons. The van der Waals surface area contributed by atoms with Crippen LogP contribution in [0.2, 0.25) is 0 Å². The molecule has 2 heterocycles. The molecular formula is C15H17N3O2S. The van der Waals surface area contributed by atoms with Gasteiger partial charge >= 0.3 is 5.97 Å². The van der Waals surface area contributed by atoms with Crippen molar-refractivity contribution in [3.63, 3.8) is 0 Å². The van der Waals surface area contributed by atoms with E-state index in [1.165, 1.54) is 28.8 Å². The average Bonchev–Trinajstić information content (AvgIpc) is 2.97. The highest BCUT2D eigenvalue weighted by atomic mass is 32.1. The zero-order valence-electron chi connectivity index (χ0n) is 11.8. The summed E-state index contributed by atoms with van der Waals surface area (Å²) >= 11 is 1.24. The first kappa shape index (κ1) is 13.9. The summed E-state index contributed by atoms with van der Waals surface area (Å²) in [5, 5.41) is 9.76. The zero-order chi connectivity index (χ0) is 14.8. The molecule has 1 aliphatic heterocycles. The first-order valence-corrected chi connectivity index (χ1v) is 7.71. The minimum atomic E-state index is -0.905. The van der Waals surface area contributed by atoms with Crippen molar-refractivity contribution in [2.75, 3.05) is 36.0 Å². The molecule has 110 valence electrons. The molecule has 2 aromatic rings. The summed E-state index contributed by atoms with van der Waals surface area (Å²) in [7, 11) is 0. The van der Waals surface area contributed by atoms with Gasteiger partial charge in [0.15, 0.2) is 5.13 Å². The van der Waals surface area contributed by atoms with E-state index in [2.05, 4.69) is 46.0 Å². The van der Waals surface area contributed by atoms with E-state index in [0.29, 0.717) is 4.88 Å². The third-order valence-corrected chi connectivity index (χ3v) is 4.67. The van der Waals surface area contributed by atoms with Gasteiger partial charge in [-0.1, -0.05) is 23.5 Å². The standard InChI is InChI=1S/C15H17N3O2S/c1-11-3-2-4-12(9-11)17-5-7-18(8-6-17)15-16-10-13(21-15)14(19)20/h2-4,9-10H,5-8H2,1H3,(H,19,20). The largest absolute Gasteiger partial charge is 0.477 e. The second kappa shape index (κ2) is 5.73. The summed E-state index contributed by atoms with van der Waals surface area (Å²) in [6, 6.07) is 8.51. The molecule has 0 unspecified atom stereocenters. The SMILES string of the molecule is Cc1cccc(N2CCN(c3ncc(C(=O)O)s3)CC2)c1. The van der Waals surface area contributed by atoms with E-state index in [9.17, 15) is 4.79 Å². The Morgan fingerprint density at radius 3 is 2.57 bits per heavy atom. The van der Waals surface area contributed by atoms with Gasteiger partial charge in [-0.25, -0.2) is 9.78 Å². The number of carbonyl (C=O) groups is 1. The number of benzene rings is 1. The molecule has 1 aliphatic rings. The lowest BCUT2D eigenvalue weighted by atomic mass is 10.2. The minimum absolute atomic E-state index is 0.297. The molecule has 0 saturated carbocycles. The fourth-order valence-corrected chi connectivity index (χ4v) is 3.30. The number of rotatable bonds is 3. The number of carboxylic acid groups (broad SMARTS) is 1. The van der Waals surface area contributed by atoms with E-state index < -0.39 is 5.97 Å². The number of carboxylic acids is 1. The van der Waals surface area contributed by atoms with Crippen LogP contribution in [0.15, 0.2) is 30.5 Å². The fourth-order valence-electron chi connectivity index (χ4n) is 2.49. The first-order chi connectivity index (χ1) is 10.1. The van der Waals surface area contributed by atoms with Gasteiger partial charge in [0.05, 0.1) is 6.20 Å². The molecule has 1 aromatic carbocycles. The third kappa shape index (κ3) is 3.00. The van der Waals surface area contributed by atoms with Gasteiger partial charge in [0.25, 0.3) is 0 Å². The highest BCUT2D eigenvalue weighted by molar-refractivity contribution is 7.17.